The minimum atomic E-state index is -0.672. The second-order valence-electron chi connectivity index (χ2n) is 4.77. The first-order valence-corrected chi connectivity index (χ1v) is 7.25. The Morgan fingerprint density at radius 1 is 0.864 bits per heavy atom. The summed E-state index contributed by atoms with van der Waals surface area (Å²) in [4.78, 5) is 23.7. The number of carbonyl (C=O) groups excluding carboxylic acids is 2. The van der Waals surface area contributed by atoms with Crippen molar-refractivity contribution in [1.29, 1.82) is 0 Å². The zero-order valence-corrected chi connectivity index (χ0v) is 12.5. The highest BCUT2D eigenvalue weighted by Crippen LogP contribution is 2.14. The number of rotatable bonds is 6. The molecule has 2 rings (SSSR count). The Balaban J connectivity index is 1.94. The quantitative estimate of drug-likeness (QED) is 0.461. The number of esters is 2. The van der Waals surface area contributed by atoms with Crippen molar-refractivity contribution in [2.45, 2.75) is 19.8 Å². The molecule has 0 aliphatic carbocycles. The molecule has 0 spiro atoms. The highest BCUT2D eigenvalue weighted by Gasteiger charge is 2.14. The zero-order chi connectivity index (χ0) is 15.8. The van der Waals surface area contributed by atoms with E-state index in [-0.39, 0.29) is 0 Å². The Morgan fingerprint density at radius 3 is 2.05 bits per heavy atom. The smallest absolute Gasteiger partial charge is 0.346 e. The predicted molar refractivity (Wildman–Crippen MR) is 83.0 cm³/mol. The molecule has 114 valence electrons. The fourth-order valence-corrected chi connectivity index (χ4v) is 1.80. The molecule has 0 saturated carbocycles. The van der Waals surface area contributed by atoms with Gasteiger partial charge in [-0.3, -0.25) is 0 Å². The van der Waals surface area contributed by atoms with Crippen LogP contribution >= 0.6 is 0 Å². The molecule has 0 N–H and O–H groups in total. The first kappa shape index (κ1) is 15.8. The van der Waals surface area contributed by atoms with Crippen LogP contribution < -0.4 is 4.74 Å². The molecule has 0 amide bonds. The summed E-state index contributed by atoms with van der Waals surface area (Å²) in [7, 11) is 0. The summed E-state index contributed by atoms with van der Waals surface area (Å²) >= 11 is 0. The monoisotopic (exact) mass is 298 g/mol. The number of unbranched alkanes of at least 4 members (excludes halogenated alkanes) is 1. The average Bonchev–Trinajstić information content (AvgIpc) is 2.56. The largest absolute Gasteiger partial charge is 0.494 e. The van der Waals surface area contributed by atoms with E-state index in [1.54, 1.807) is 54.6 Å². The lowest BCUT2D eigenvalue weighted by Crippen LogP contribution is -2.12. The summed E-state index contributed by atoms with van der Waals surface area (Å²) < 4.78 is 10.4. The van der Waals surface area contributed by atoms with Crippen LogP contribution in [0.25, 0.3) is 0 Å². The van der Waals surface area contributed by atoms with Gasteiger partial charge in [-0.1, -0.05) is 31.5 Å². The van der Waals surface area contributed by atoms with E-state index in [2.05, 4.69) is 6.92 Å². The predicted octanol–water partition coefficient (Wildman–Crippen LogP) is 3.86. The maximum Gasteiger partial charge on any atom is 0.346 e. The molecule has 0 aliphatic heterocycles. The van der Waals surface area contributed by atoms with E-state index in [9.17, 15) is 9.59 Å². The minimum Gasteiger partial charge on any atom is -0.494 e. The molecule has 0 bridgehead atoms. The van der Waals surface area contributed by atoms with Crippen LogP contribution in [0.5, 0.6) is 5.75 Å². The van der Waals surface area contributed by atoms with Crippen LogP contribution in [0.3, 0.4) is 0 Å². The van der Waals surface area contributed by atoms with Gasteiger partial charge in [-0.25, -0.2) is 9.59 Å². The fourth-order valence-electron chi connectivity index (χ4n) is 1.80. The van der Waals surface area contributed by atoms with Crippen LogP contribution in [-0.4, -0.2) is 18.5 Å². The van der Waals surface area contributed by atoms with Crippen molar-refractivity contribution in [3.8, 4) is 5.75 Å². The maximum absolute atomic E-state index is 11.9. The standard InChI is InChI=1S/C18H18O4/c1-2-3-13-21-16-11-9-15(10-12-16)18(20)22-17(19)14-7-5-4-6-8-14/h4-12H,2-3,13H2,1H3. The number of benzene rings is 2. The van der Waals surface area contributed by atoms with Crippen LogP contribution in [-0.2, 0) is 4.74 Å². The van der Waals surface area contributed by atoms with Crippen LogP contribution in [0.15, 0.2) is 54.6 Å². The topological polar surface area (TPSA) is 52.6 Å². The molecule has 0 atom stereocenters. The lowest BCUT2D eigenvalue weighted by Gasteiger charge is -2.06. The van der Waals surface area contributed by atoms with E-state index < -0.39 is 11.9 Å². The SMILES string of the molecule is CCCCOc1ccc(C(=O)OC(=O)c2ccccc2)cc1. The van der Waals surface area contributed by atoms with Gasteiger partial charge in [0.05, 0.1) is 17.7 Å². The Labute approximate surface area is 129 Å². The lowest BCUT2D eigenvalue weighted by atomic mass is 10.2. The summed E-state index contributed by atoms with van der Waals surface area (Å²) in [6, 6.07) is 15.0. The summed E-state index contributed by atoms with van der Waals surface area (Å²) in [6.07, 6.45) is 2.04. The van der Waals surface area contributed by atoms with Crippen LogP contribution in [0.4, 0.5) is 0 Å². The molecule has 2 aromatic carbocycles. The average molecular weight is 298 g/mol. The van der Waals surface area contributed by atoms with Gasteiger partial charge < -0.3 is 9.47 Å². The van der Waals surface area contributed by atoms with Crippen molar-refractivity contribution in [2.24, 2.45) is 0 Å². The van der Waals surface area contributed by atoms with Crippen molar-refractivity contribution in [1.82, 2.24) is 0 Å². The second kappa shape index (κ2) is 7.98. The molecule has 0 heterocycles. The third-order valence-corrected chi connectivity index (χ3v) is 3.05. The van der Waals surface area contributed by atoms with Crippen LogP contribution in [0.1, 0.15) is 40.5 Å². The molecule has 0 fully saturated rings. The number of hydrogen-bond donors (Lipinski definition) is 0. The van der Waals surface area contributed by atoms with Crippen molar-refractivity contribution in [2.75, 3.05) is 6.61 Å². The molecule has 0 aliphatic rings. The summed E-state index contributed by atoms with van der Waals surface area (Å²) in [6.45, 7) is 2.74. The van der Waals surface area contributed by atoms with Gasteiger partial charge in [0.1, 0.15) is 5.75 Å². The first-order valence-electron chi connectivity index (χ1n) is 7.25. The minimum absolute atomic E-state index is 0.312. The molecule has 0 aromatic heterocycles. The summed E-state index contributed by atoms with van der Waals surface area (Å²) in [5.41, 5.74) is 0.655. The van der Waals surface area contributed by atoms with Gasteiger partial charge >= 0.3 is 11.9 Å². The Bertz CT molecular complexity index is 617. The van der Waals surface area contributed by atoms with Gasteiger partial charge in [-0.05, 0) is 42.8 Å². The highest BCUT2D eigenvalue weighted by atomic mass is 16.6. The van der Waals surface area contributed by atoms with Crippen molar-refractivity contribution < 1.29 is 19.1 Å². The zero-order valence-electron chi connectivity index (χ0n) is 12.5. The van der Waals surface area contributed by atoms with Gasteiger partial charge in [0, 0.05) is 0 Å². The molecule has 2 aromatic rings. The maximum atomic E-state index is 11.9. The van der Waals surface area contributed by atoms with Crippen molar-refractivity contribution in [3.63, 3.8) is 0 Å². The molecule has 0 saturated heterocycles. The third-order valence-electron chi connectivity index (χ3n) is 3.05. The van der Waals surface area contributed by atoms with Crippen LogP contribution in [0.2, 0.25) is 0 Å². The first-order chi connectivity index (χ1) is 10.7. The molecule has 0 radical (unpaired) electrons. The second-order valence-corrected chi connectivity index (χ2v) is 4.77. The molecule has 0 unspecified atom stereocenters. The normalized spacial score (nSPS) is 10.0. The van der Waals surface area contributed by atoms with E-state index in [1.807, 2.05) is 0 Å². The third kappa shape index (κ3) is 4.45. The number of carbonyl (C=O) groups is 2. The van der Waals surface area contributed by atoms with Crippen molar-refractivity contribution >= 4 is 11.9 Å². The Kier molecular flexibility index (Phi) is 5.72. The van der Waals surface area contributed by atoms with Crippen LogP contribution in [0, 0.1) is 0 Å². The molecule has 4 heteroatoms. The summed E-state index contributed by atoms with van der Waals surface area (Å²) in [5, 5.41) is 0. The molecular formula is C18H18O4. The summed E-state index contributed by atoms with van der Waals surface area (Å²) in [5.74, 6) is -0.637. The molecular weight excluding hydrogens is 280 g/mol. The van der Waals surface area contributed by atoms with E-state index in [4.69, 9.17) is 9.47 Å². The van der Waals surface area contributed by atoms with Gasteiger partial charge in [0.25, 0.3) is 0 Å². The van der Waals surface area contributed by atoms with Gasteiger partial charge in [0.2, 0.25) is 0 Å². The lowest BCUT2D eigenvalue weighted by molar-refractivity contribution is 0.0398. The number of ether oxygens (including phenoxy) is 2. The highest BCUT2D eigenvalue weighted by molar-refractivity contribution is 6.02. The molecule has 4 nitrogen and oxygen atoms in total. The van der Waals surface area contributed by atoms with E-state index in [0.29, 0.717) is 23.5 Å². The van der Waals surface area contributed by atoms with E-state index >= 15 is 0 Å². The Morgan fingerprint density at radius 2 is 1.45 bits per heavy atom. The van der Waals surface area contributed by atoms with E-state index in [1.165, 1.54) is 0 Å². The number of hydrogen-bond acceptors (Lipinski definition) is 4. The van der Waals surface area contributed by atoms with E-state index in [0.717, 1.165) is 12.8 Å². The van der Waals surface area contributed by atoms with Gasteiger partial charge in [-0.2, -0.15) is 0 Å². The fraction of sp³-hybridized carbons (Fsp3) is 0.222. The molecule has 22 heavy (non-hydrogen) atoms. The van der Waals surface area contributed by atoms with Gasteiger partial charge in [-0.15, -0.1) is 0 Å². The Hall–Kier alpha value is -2.62. The van der Waals surface area contributed by atoms with Gasteiger partial charge in [0.15, 0.2) is 0 Å². The van der Waals surface area contributed by atoms with Crippen molar-refractivity contribution in [3.05, 3.63) is 65.7 Å².